The largest absolute Gasteiger partial charge is 0.354 e. The molecule has 2 aromatic heterocycles. The summed E-state index contributed by atoms with van der Waals surface area (Å²) in [6.45, 7) is 7.93. The van der Waals surface area contributed by atoms with Crippen molar-refractivity contribution >= 4 is 16.8 Å². The van der Waals surface area contributed by atoms with E-state index in [1.165, 1.54) is 5.39 Å². The Balaban J connectivity index is 1.52. The number of nitrogens with one attached hydrogen (secondary N) is 1. The number of fused-ring (bicyclic) bond motifs is 1. The first-order valence-electron chi connectivity index (χ1n) is 8.37. The zero-order valence-electron chi connectivity index (χ0n) is 14.5. The fourth-order valence-corrected chi connectivity index (χ4v) is 3.12. The van der Waals surface area contributed by atoms with Crippen LogP contribution in [-0.4, -0.2) is 26.8 Å². The number of carbonyl (C=O) groups excluding carboxylic acids is 1. The molecule has 0 saturated carbocycles. The number of nitrogens with zero attached hydrogens (tertiary/aromatic N) is 3. The Morgan fingerprint density at radius 1 is 1.12 bits per heavy atom. The van der Waals surface area contributed by atoms with Crippen LogP contribution in [0.2, 0.25) is 0 Å². The zero-order chi connectivity index (χ0) is 17.1. The molecule has 2 heterocycles. The molecule has 0 saturated heterocycles. The molecule has 0 bridgehead atoms. The summed E-state index contributed by atoms with van der Waals surface area (Å²) in [6, 6.07) is 12.3. The van der Waals surface area contributed by atoms with Gasteiger partial charge >= 0.3 is 0 Å². The van der Waals surface area contributed by atoms with Gasteiger partial charge in [0.1, 0.15) is 6.54 Å². The first-order chi connectivity index (χ1) is 11.5. The number of hydrogen-bond donors (Lipinski definition) is 1. The van der Waals surface area contributed by atoms with E-state index in [0.717, 1.165) is 35.6 Å². The minimum Gasteiger partial charge on any atom is -0.354 e. The monoisotopic (exact) mass is 324 g/mol. The molecule has 0 radical (unpaired) electrons. The van der Waals surface area contributed by atoms with Crippen molar-refractivity contribution in [3.63, 3.8) is 0 Å². The van der Waals surface area contributed by atoms with Crippen molar-refractivity contribution in [1.29, 1.82) is 0 Å². The Hall–Kier alpha value is -2.56. The molecule has 3 aromatic rings. The third kappa shape index (κ3) is 3.50. The molecule has 0 aliphatic carbocycles. The molecular formula is C19H24N4O. The van der Waals surface area contributed by atoms with Gasteiger partial charge in [0.2, 0.25) is 5.91 Å². The summed E-state index contributed by atoms with van der Waals surface area (Å²) in [6.07, 6.45) is 0.874. The van der Waals surface area contributed by atoms with E-state index in [1.54, 1.807) is 0 Å². The Morgan fingerprint density at radius 2 is 1.92 bits per heavy atom. The molecule has 1 aromatic carbocycles. The van der Waals surface area contributed by atoms with E-state index >= 15 is 0 Å². The third-order valence-electron chi connectivity index (χ3n) is 4.29. The summed E-state index contributed by atoms with van der Waals surface area (Å²) >= 11 is 0. The van der Waals surface area contributed by atoms with E-state index in [-0.39, 0.29) is 5.91 Å². The summed E-state index contributed by atoms with van der Waals surface area (Å²) in [5, 5.41) is 8.62. The minimum atomic E-state index is 0.0489. The topological polar surface area (TPSA) is 51.9 Å². The summed E-state index contributed by atoms with van der Waals surface area (Å²) in [4.78, 5) is 12.2. The van der Waals surface area contributed by atoms with Gasteiger partial charge in [0, 0.05) is 30.0 Å². The highest BCUT2D eigenvalue weighted by atomic mass is 16.1. The molecule has 0 atom stereocenters. The van der Waals surface area contributed by atoms with Crippen LogP contribution in [0.3, 0.4) is 0 Å². The van der Waals surface area contributed by atoms with Crippen LogP contribution in [-0.2, 0) is 17.9 Å². The van der Waals surface area contributed by atoms with Gasteiger partial charge in [-0.15, -0.1) is 0 Å². The first kappa shape index (κ1) is 16.3. The molecule has 0 spiro atoms. The Morgan fingerprint density at radius 3 is 2.67 bits per heavy atom. The molecule has 0 aliphatic heterocycles. The van der Waals surface area contributed by atoms with Crippen LogP contribution in [0, 0.1) is 20.8 Å². The second kappa shape index (κ2) is 6.91. The molecule has 5 heteroatoms. The van der Waals surface area contributed by atoms with E-state index in [2.05, 4.69) is 46.2 Å². The smallest absolute Gasteiger partial charge is 0.239 e. The molecule has 5 nitrogen and oxygen atoms in total. The predicted octanol–water partition coefficient (Wildman–Crippen LogP) is 2.97. The fourth-order valence-electron chi connectivity index (χ4n) is 3.12. The van der Waals surface area contributed by atoms with Crippen molar-refractivity contribution in [3.05, 3.63) is 53.5 Å². The van der Waals surface area contributed by atoms with Crippen LogP contribution >= 0.6 is 0 Å². The molecule has 0 unspecified atom stereocenters. The van der Waals surface area contributed by atoms with Gasteiger partial charge in [0.25, 0.3) is 0 Å². The van der Waals surface area contributed by atoms with Crippen molar-refractivity contribution in [3.8, 4) is 0 Å². The highest BCUT2D eigenvalue weighted by Crippen LogP contribution is 2.18. The summed E-state index contributed by atoms with van der Waals surface area (Å²) in [7, 11) is 0. The van der Waals surface area contributed by atoms with Gasteiger partial charge in [-0.2, -0.15) is 5.10 Å². The van der Waals surface area contributed by atoms with Gasteiger partial charge in [-0.3, -0.25) is 9.48 Å². The fraction of sp³-hybridized carbons (Fsp3) is 0.368. The average Bonchev–Trinajstić information content (AvgIpc) is 3.03. The SMILES string of the molecule is Cc1cc(C)n(CCCNC(=O)Cn2c(C)cc3ccccc32)n1. The predicted molar refractivity (Wildman–Crippen MR) is 96.0 cm³/mol. The number of amides is 1. The minimum absolute atomic E-state index is 0.0489. The first-order valence-corrected chi connectivity index (χ1v) is 8.37. The number of hydrogen-bond acceptors (Lipinski definition) is 2. The molecule has 126 valence electrons. The second-order valence-corrected chi connectivity index (χ2v) is 6.28. The number of carbonyl (C=O) groups is 1. The lowest BCUT2D eigenvalue weighted by Crippen LogP contribution is -2.29. The van der Waals surface area contributed by atoms with Gasteiger partial charge in [-0.1, -0.05) is 18.2 Å². The maximum atomic E-state index is 12.2. The van der Waals surface area contributed by atoms with Crippen molar-refractivity contribution in [2.75, 3.05) is 6.54 Å². The maximum absolute atomic E-state index is 12.2. The molecule has 0 fully saturated rings. The van der Waals surface area contributed by atoms with Gasteiger partial charge in [0.05, 0.1) is 5.69 Å². The third-order valence-corrected chi connectivity index (χ3v) is 4.29. The maximum Gasteiger partial charge on any atom is 0.239 e. The lowest BCUT2D eigenvalue weighted by molar-refractivity contribution is -0.121. The van der Waals surface area contributed by atoms with E-state index in [9.17, 15) is 4.79 Å². The van der Waals surface area contributed by atoms with E-state index in [4.69, 9.17) is 0 Å². The Kier molecular flexibility index (Phi) is 4.69. The highest BCUT2D eigenvalue weighted by Gasteiger charge is 2.09. The quantitative estimate of drug-likeness (QED) is 0.709. The summed E-state index contributed by atoms with van der Waals surface area (Å²) in [5.41, 5.74) is 4.40. The highest BCUT2D eigenvalue weighted by molar-refractivity contribution is 5.84. The molecule has 0 aliphatic rings. The molecule has 3 rings (SSSR count). The van der Waals surface area contributed by atoms with Crippen molar-refractivity contribution in [2.24, 2.45) is 0 Å². The van der Waals surface area contributed by atoms with Gasteiger partial charge < -0.3 is 9.88 Å². The van der Waals surface area contributed by atoms with Crippen LogP contribution < -0.4 is 5.32 Å². The van der Waals surface area contributed by atoms with E-state index in [1.807, 2.05) is 30.7 Å². The van der Waals surface area contributed by atoms with Gasteiger partial charge in [-0.25, -0.2) is 0 Å². The van der Waals surface area contributed by atoms with Crippen LogP contribution in [0.25, 0.3) is 10.9 Å². The molecular weight excluding hydrogens is 300 g/mol. The van der Waals surface area contributed by atoms with E-state index in [0.29, 0.717) is 13.1 Å². The lowest BCUT2D eigenvalue weighted by atomic mass is 10.2. The van der Waals surface area contributed by atoms with Crippen molar-refractivity contribution < 1.29 is 4.79 Å². The summed E-state index contributed by atoms with van der Waals surface area (Å²) in [5.74, 6) is 0.0489. The van der Waals surface area contributed by atoms with Gasteiger partial charge in [0.15, 0.2) is 0 Å². The van der Waals surface area contributed by atoms with Crippen LogP contribution in [0.4, 0.5) is 0 Å². The zero-order valence-corrected chi connectivity index (χ0v) is 14.5. The molecule has 1 amide bonds. The van der Waals surface area contributed by atoms with Crippen molar-refractivity contribution in [1.82, 2.24) is 19.7 Å². The number of aromatic nitrogens is 3. The van der Waals surface area contributed by atoms with Gasteiger partial charge in [-0.05, 0) is 50.8 Å². The molecule has 24 heavy (non-hydrogen) atoms. The number of aryl methyl sites for hydroxylation is 4. The Labute approximate surface area is 142 Å². The van der Waals surface area contributed by atoms with Crippen LogP contribution in [0.1, 0.15) is 23.5 Å². The average molecular weight is 324 g/mol. The van der Waals surface area contributed by atoms with E-state index < -0.39 is 0 Å². The Bertz CT molecular complexity index is 860. The summed E-state index contributed by atoms with van der Waals surface area (Å²) < 4.78 is 4.05. The van der Waals surface area contributed by atoms with Crippen molar-refractivity contribution in [2.45, 2.75) is 40.3 Å². The van der Waals surface area contributed by atoms with Crippen LogP contribution in [0.15, 0.2) is 36.4 Å². The normalized spacial score (nSPS) is 11.1. The molecule has 1 N–H and O–H groups in total. The number of rotatable bonds is 6. The number of benzene rings is 1. The number of para-hydroxylation sites is 1. The lowest BCUT2D eigenvalue weighted by Gasteiger charge is -2.10. The standard InChI is InChI=1S/C19H24N4O/c1-14-11-16(3)23(21-14)10-6-9-20-19(24)13-22-15(2)12-17-7-4-5-8-18(17)22/h4-5,7-8,11-12H,6,9-10,13H2,1-3H3,(H,20,24). The van der Waals surface area contributed by atoms with Crippen LogP contribution in [0.5, 0.6) is 0 Å². The second-order valence-electron chi connectivity index (χ2n) is 6.28.